The highest BCUT2D eigenvalue weighted by molar-refractivity contribution is 6.31. The van der Waals surface area contributed by atoms with Gasteiger partial charge in [0.25, 0.3) is 0 Å². The van der Waals surface area contributed by atoms with E-state index in [1.54, 1.807) is 0 Å². The Labute approximate surface area is 97.8 Å². The van der Waals surface area contributed by atoms with Crippen molar-refractivity contribution in [1.29, 1.82) is 0 Å². The summed E-state index contributed by atoms with van der Waals surface area (Å²) < 4.78 is 0. The molecule has 1 unspecified atom stereocenters. The summed E-state index contributed by atoms with van der Waals surface area (Å²) in [5.41, 5.74) is 1.26. The summed E-state index contributed by atoms with van der Waals surface area (Å²) in [6, 6.07) is 8.12. The van der Waals surface area contributed by atoms with Crippen LogP contribution in [0.25, 0.3) is 0 Å². The van der Waals surface area contributed by atoms with E-state index in [0.717, 1.165) is 24.5 Å². The van der Waals surface area contributed by atoms with Crippen LogP contribution in [0.5, 0.6) is 0 Å². The average Bonchev–Trinajstić information content (AvgIpc) is 2.25. The second-order valence-electron chi connectivity index (χ2n) is 3.96. The standard InChI is InChI=1S/C13H20ClN/c1-3-9-15-10-8-11(2)12-6-4-5-7-13(12)14/h4-7,11,15H,3,8-10H2,1-2H3. The van der Waals surface area contributed by atoms with Gasteiger partial charge in [0.2, 0.25) is 0 Å². The number of benzene rings is 1. The Morgan fingerprint density at radius 3 is 2.67 bits per heavy atom. The fourth-order valence-corrected chi connectivity index (χ4v) is 1.97. The molecule has 0 fully saturated rings. The van der Waals surface area contributed by atoms with E-state index in [9.17, 15) is 0 Å². The Morgan fingerprint density at radius 1 is 1.27 bits per heavy atom. The minimum absolute atomic E-state index is 0.531. The van der Waals surface area contributed by atoms with E-state index in [4.69, 9.17) is 11.6 Å². The van der Waals surface area contributed by atoms with Gasteiger partial charge in [0.15, 0.2) is 0 Å². The molecule has 1 atom stereocenters. The van der Waals surface area contributed by atoms with E-state index in [1.807, 2.05) is 12.1 Å². The summed E-state index contributed by atoms with van der Waals surface area (Å²) in [6.45, 7) is 6.59. The summed E-state index contributed by atoms with van der Waals surface area (Å²) in [5.74, 6) is 0.531. The summed E-state index contributed by atoms with van der Waals surface area (Å²) in [7, 11) is 0. The fourth-order valence-electron chi connectivity index (χ4n) is 1.65. The van der Waals surface area contributed by atoms with E-state index in [2.05, 4.69) is 31.3 Å². The first-order valence-electron chi connectivity index (χ1n) is 5.70. The maximum atomic E-state index is 6.14. The molecule has 15 heavy (non-hydrogen) atoms. The smallest absolute Gasteiger partial charge is 0.0440 e. The van der Waals surface area contributed by atoms with Gasteiger partial charge in [0.1, 0.15) is 0 Å². The number of hydrogen-bond donors (Lipinski definition) is 1. The predicted octanol–water partition coefficient (Wildman–Crippen LogP) is 3.83. The van der Waals surface area contributed by atoms with Crippen molar-refractivity contribution in [2.75, 3.05) is 13.1 Å². The molecular weight excluding hydrogens is 206 g/mol. The predicted molar refractivity (Wildman–Crippen MR) is 67.6 cm³/mol. The van der Waals surface area contributed by atoms with E-state index in [-0.39, 0.29) is 0 Å². The minimum atomic E-state index is 0.531. The lowest BCUT2D eigenvalue weighted by Gasteiger charge is -2.13. The molecule has 0 spiro atoms. The van der Waals surface area contributed by atoms with Gasteiger partial charge in [-0.2, -0.15) is 0 Å². The van der Waals surface area contributed by atoms with Crippen molar-refractivity contribution in [3.63, 3.8) is 0 Å². The highest BCUT2D eigenvalue weighted by Gasteiger charge is 2.07. The lowest BCUT2D eigenvalue weighted by atomic mass is 9.98. The second-order valence-corrected chi connectivity index (χ2v) is 4.37. The van der Waals surface area contributed by atoms with Crippen molar-refractivity contribution in [2.45, 2.75) is 32.6 Å². The van der Waals surface area contributed by atoms with E-state index >= 15 is 0 Å². The Balaban J connectivity index is 2.40. The SMILES string of the molecule is CCCNCCC(C)c1ccccc1Cl. The Hall–Kier alpha value is -0.530. The first-order valence-corrected chi connectivity index (χ1v) is 6.08. The summed E-state index contributed by atoms with van der Waals surface area (Å²) in [4.78, 5) is 0. The molecular formula is C13H20ClN. The topological polar surface area (TPSA) is 12.0 Å². The number of hydrogen-bond acceptors (Lipinski definition) is 1. The van der Waals surface area contributed by atoms with E-state index in [1.165, 1.54) is 12.0 Å². The van der Waals surface area contributed by atoms with Gasteiger partial charge in [0, 0.05) is 5.02 Å². The molecule has 84 valence electrons. The second kappa shape index (κ2) is 6.86. The molecule has 1 rings (SSSR count). The molecule has 0 aromatic heterocycles. The Bertz CT molecular complexity index is 286. The molecule has 1 aromatic rings. The van der Waals surface area contributed by atoms with Crippen molar-refractivity contribution >= 4 is 11.6 Å². The zero-order valence-corrected chi connectivity index (χ0v) is 10.3. The van der Waals surface area contributed by atoms with Crippen molar-refractivity contribution in [1.82, 2.24) is 5.32 Å². The van der Waals surface area contributed by atoms with Crippen LogP contribution in [0.3, 0.4) is 0 Å². The molecule has 0 aliphatic carbocycles. The molecule has 0 bridgehead atoms. The summed E-state index contributed by atoms with van der Waals surface area (Å²) in [5, 5.41) is 4.30. The maximum absolute atomic E-state index is 6.14. The van der Waals surface area contributed by atoms with Gasteiger partial charge >= 0.3 is 0 Å². The van der Waals surface area contributed by atoms with Crippen molar-refractivity contribution in [3.8, 4) is 0 Å². The minimum Gasteiger partial charge on any atom is -0.317 e. The first-order chi connectivity index (χ1) is 7.25. The van der Waals surface area contributed by atoms with Crippen LogP contribution in [0, 0.1) is 0 Å². The highest BCUT2D eigenvalue weighted by Crippen LogP contribution is 2.25. The fraction of sp³-hybridized carbons (Fsp3) is 0.538. The summed E-state index contributed by atoms with van der Waals surface area (Å²) >= 11 is 6.14. The van der Waals surface area contributed by atoms with Gasteiger partial charge in [-0.05, 0) is 43.5 Å². The van der Waals surface area contributed by atoms with Crippen molar-refractivity contribution in [2.24, 2.45) is 0 Å². The molecule has 0 amide bonds. The van der Waals surface area contributed by atoms with Crippen LogP contribution < -0.4 is 5.32 Å². The molecule has 1 N–H and O–H groups in total. The van der Waals surface area contributed by atoms with Crippen LogP contribution in [0.2, 0.25) is 5.02 Å². The van der Waals surface area contributed by atoms with E-state index < -0.39 is 0 Å². The number of nitrogens with one attached hydrogen (secondary N) is 1. The molecule has 0 saturated heterocycles. The van der Waals surface area contributed by atoms with Crippen LogP contribution >= 0.6 is 11.6 Å². The van der Waals surface area contributed by atoms with Gasteiger partial charge in [0.05, 0.1) is 0 Å². The molecule has 2 heteroatoms. The Kier molecular flexibility index (Phi) is 5.74. The molecule has 0 heterocycles. The summed E-state index contributed by atoms with van der Waals surface area (Å²) in [6.07, 6.45) is 2.34. The largest absolute Gasteiger partial charge is 0.317 e. The molecule has 0 radical (unpaired) electrons. The molecule has 0 aliphatic heterocycles. The third-order valence-corrected chi connectivity index (χ3v) is 2.96. The highest BCUT2D eigenvalue weighted by atomic mass is 35.5. The molecule has 0 aliphatic rings. The third-order valence-electron chi connectivity index (χ3n) is 2.62. The lowest BCUT2D eigenvalue weighted by Crippen LogP contribution is -2.17. The number of rotatable bonds is 6. The van der Waals surface area contributed by atoms with Gasteiger partial charge in [-0.25, -0.2) is 0 Å². The van der Waals surface area contributed by atoms with Crippen molar-refractivity contribution in [3.05, 3.63) is 34.9 Å². The molecule has 0 saturated carbocycles. The quantitative estimate of drug-likeness (QED) is 0.726. The van der Waals surface area contributed by atoms with E-state index in [0.29, 0.717) is 5.92 Å². The maximum Gasteiger partial charge on any atom is 0.0440 e. The van der Waals surface area contributed by atoms with Gasteiger partial charge in [-0.1, -0.05) is 43.6 Å². The van der Waals surface area contributed by atoms with Crippen LogP contribution in [0.4, 0.5) is 0 Å². The average molecular weight is 226 g/mol. The van der Waals surface area contributed by atoms with Crippen LogP contribution in [0.1, 0.15) is 38.2 Å². The third kappa shape index (κ3) is 4.23. The molecule has 1 nitrogen and oxygen atoms in total. The van der Waals surface area contributed by atoms with Crippen LogP contribution in [0.15, 0.2) is 24.3 Å². The Morgan fingerprint density at radius 2 is 2.00 bits per heavy atom. The zero-order valence-electron chi connectivity index (χ0n) is 9.59. The zero-order chi connectivity index (χ0) is 11.1. The first kappa shape index (κ1) is 12.5. The van der Waals surface area contributed by atoms with Crippen molar-refractivity contribution < 1.29 is 0 Å². The monoisotopic (exact) mass is 225 g/mol. The number of halogens is 1. The molecule has 1 aromatic carbocycles. The lowest BCUT2D eigenvalue weighted by molar-refractivity contribution is 0.591. The normalized spacial score (nSPS) is 12.7. The van der Waals surface area contributed by atoms with Crippen LogP contribution in [-0.2, 0) is 0 Å². The van der Waals surface area contributed by atoms with Gasteiger partial charge in [-0.15, -0.1) is 0 Å². The van der Waals surface area contributed by atoms with Gasteiger partial charge < -0.3 is 5.32 Å². The van der Waals surface area contributed by atoms with Gasteiger partial charge in [-0.3, -0.25) is 0 Å². The van der Waals surface area contributed by atoms with Crippen LogP contribution in [-0.4, -0.2) is 13.1 Å².